The third-order valence-electron chi connectivity index (χ3n) is 6.11. The molecule has 1 aromatic carbocycles. The second-order valence-electron chi connectivity index (χ2n) is 8.17. The Morgan fingerprint density at radius 3 is 2.73 bits per heavy atom. The Hall–Kier alpha value is -2.93. The predicted octanol–water partition coefficient (Wildman–Crippen LogP) is 3.52. The van der Waals surface area contributed by atoms with E-state index >= 15 is 0 Å². The molecule has 1 amide bonds. The molecule has 7 nitrogen and oxygen atoms in total. The number of benzene rings is 1. The highest BCUT2D eigenvalue weighted by Crippen LogP contribution is 2.28. The summed E-state index contributed by atoms with van der Waals surface area (Å²) >= 11 is 0. The Balaban J connectivity index is 1.42. The van der Waals surface area contributed by atoms with Crippen molar-refractivity contribution in [3.05, 3.63) is 42.4 Å². The number of aromatic nitrogens is 3. The van der Waals surface area contributed by atoms with Gasteiger partial charge >= 0.3 is 0 Å². The van der Waals surface area contributed by atoms with E-state index in [2.05, 4.69) is 37.5 Å². The predicted molar refractivity (Wildman–Crippen MR) is 117 cm³/mol. The molecule has 0 saturated carbocycles. The number of carbonyl (C=O) groups excluding carboxylic acids is 1. The number of anilines is 1. The maximum atomic E-state index is 12.8. The number of aromatic amines is 1. The van der Waals surface area contributed by atoms with Crippen molar-refractivity contribution >= 4 is 22.5 Å². The first-order valence-corrected chi connectivity index (χ1v) is 10.8. The van der Waals surface area contributed by atoms with Crippen LogP contribution in [0.3, 0.4) is 0 Å². The van der Waals surface area contributed by atoms with Gasteiger partial charge in [0, 0.05) is 49.5 Å². The van der Waals surface area contributed by atoms with E-state index in [-0.39, 0.29) is 11.9 Å². The number of fused-ring (bicyclic) bond motifs is 1. The SMILES string of the molecule is O=C(NC1CCOCC1)c1n[nH]c2ccc(-c3cncc(N4CCCCC4)c3)cc12. The minimum Gasteiger partial charge on any atom is -0.381 e. The number of hydrogen-bond donors (Lipinski definition) is 2. The zero-order chi connectivity index (χ0) is 20.3. The molecule has 3 aromatic rings. The molecule has 2 aliphatic rings. The molecule has 0 spiro atoms. The monoisotopic (exact) mass is 405 g/mol. The van der Waals surface area contributed by atoms with E-state index in [9.17, 15) is 4.79 Å². The number of piperidine rings is 1. The van der Waals surface area contributed by atoms with Crippen molar-refractivity contribution < 1.29 is 9.53 Å². The lowest BCUT2D eigenvalue weighted by Crippen LogP contribution is -2.39. The molecule has 0 unspecified atom stereocenters. The molecule has 0 bridgehead atoms. The molecule has 2 aliphatic heterocycles. The molecular weight excluding hydrogens is 378 g/mol. The Morgan fingerprint density at radius 2 is 1.90 bits per heavy atom. The van der Waals surface area contributed by atoms with E-state index in [1.54, 1.807) is 0 Å². The number of hydrogen-bond acceptors (Lipinski definition) is 5. The number of pyridine rings is 1. The summed E-state index contributed by atoms with van der Waals surface area (Å²) in [6.45, 7) is 3.55. The molecule has 2 fully saturated rings. The van der Waals surface area contributed by atoms with Crippen molar-refractivity contribution in [3.8, 4) is 11.1 Å². The van der Waals surface area contributed by atoms with Gasteiger partial charge in [0.15, 0.2) is 5.69 Å². The molecule has 5 rings (SSSR count). The molecule has 0 atom stereocenters. The van der Waals surface area contributed by atoms with Crippen molar-refractivity contribution in [1.29, 1.82) is 0 Å². The van der Waals surface area contributed by atoms with Crippen LogP contribution in [0.15, 0.2) is 36.7 Å². The first kappa shape index (κ1) is 19.1. The fourth-order valence-electron chi connectivity index (χ4n) is 4.37. The van der Waals surface area contributed by atoms with Gasteiger partial charge < -0.3 is 15.0 Å². The number of amides is 1. The summed E-state index contributed by atoms with van der Waals surface area (Å²) in [6.07, 6.45) is 9.28. The Labute approximate surface area is 175 Å². The molecule has 2 saturated heterocycles. The van der Waals surface area contributed by atoms with E-state index in [0.717, 1.165) is 53.6 Å². The normalized spacial score (nSPS) is 17.9. The summed E-state index contributed by atoms with van der Waals surface area (Å²) in [5.41, 5.74) is 4.55. The van der Waals surface area contributed by atoms with Gasteiger partial charge in [-0.1, -0.05) is 6.07 Å². The maximum absolute atomic E-state index is 12.8. The third-order valence-corrected chi connectivity index (χ3v) is 6.11. The van der Waals surface area contributed by atoms with Gasteiger partial charge in [0.25, 0.3) is 5.91 Å². The lowest BCUT2D eigenvalue weighted by atomic mass is 10.0. The van der Waals surface area contributed by atoms with Crippen LogP contribution in [-0.4, -0.2) is 53.4 Å². The van der Waals surface area contributed by atoms with Gasteiger partial charge in [-0.25, -0.2) is 0 Å². The lowest BCUT2D eigenvalue weighted by Gasteiger charge is -2.28. The largest absolute Gasteiger partial charge is 0.381 e. The maximum Gasteiger partial charge on any atom is 0.272 e. The van der Waals surface area contributed by atoms with Crippen molar-refractivity contribution in [3.63, 3.8) is 0 Å². The van der Waals surface area contributed by atoms with Crippen molar-refractivity contribution in [2.24, 2.45) is 0 Å². The van der Waals surface area contributed by atoms with Gasteiger partial charge in [-0.2, -0.15) is 5.10 Å². The average molecular weight is 406 g/mol. The molecule has 0 aliphatic carbocycles. The summed E-state index contributed by atoms with van der Waals surface area (Å²) in [7, 11) is 0. The van der Waals surface area contributed by atoms with Gasteiger partial charge in [0.2, 0.25) is 0 Å². The summed E-state index contributed by atoms with van der Waals surface area (Å²) in [5.74, 6) is -0.134. The van der Waals surface area contributed by atoms with Gasteiger partial charge in [0.1, 0.15) is 0 Å². The Kier molecular flexibility index (Phi) is 5.36. The van der Waals surface area contributed by atoms with E-state index in [1.165, 1.54) is 19.3 Å². The van der Waals surface area contributed by atoms with E-state index in [0.29, 0.717) is 18.9 Å². The van der Waals surface area contributed by atoms with Crippen LogP contribution in [-0.2, 0) is 4.74 Å². The highest BCUT2D eigenvalue weighted by Gasteiger charge is 2.21. The van der Waals surface area contributed by atoms with Crippen LogP contribution in [0.5, 0.6) is 0 Å². The average Bonchev–Trinajstić information content (AvgIpc) is 3.24. The highest BCUT2D eigenvalue weighted by molar-refractivity contribution is 6.05. The number of carbonyl (C=O) groups is 1. The van der Waals surface area contributed by atoms with Crippen molar-refractivity contribution in [1.82, 2.24) is 20.5 Å². The first-order valence-electron chi connectivity index (χ1n) is 10.8. The molecular formula is C23H27N5O2. The molecule has 4 heterocycles. The zero-order valence-corrected chi connectivity index (χ0v) is 17.1. The van der Waals surface area contributed by atoms with E-state index in [4.69, 9.17) is 4.74 Å². The van der Waals surface area contributed by atoms with Crippen LogP contribution in [0.25, 0.3) is 22.0 Å². The Bertz CT molecular complexity index is 1040. The summed E-state index contributed by atoms with van der Waals surface area (Å²) in [4.78, 5) is 19.7. The minimum atomic E-state index is -0.134. The fraction of sp³-hybridized carbons (Fsp3) is 0.435. The minimum absolute atomic E-state index is 0.134. The Morgan fingerprint density at radius 1 is 1.07 bits per heavy atom. The standard InChI is InChI=1S/C23H27N5O2/c29-23(25-18-6-10-30-11-7-18)22-20-13-16(4-5-21(20)26-27-22)17-12-19(15-24-14-17)28-8-2-1-3-9-28/h4-5,12-15,18H,1-3,6-11H2,(H,25,29)(H,26,27). The number of nitrogens with one attached hydrogen (secondary N) is 2. The van der Waals surface area contributed by atoms with E-state index < -0.39 is 0 Å². The number of ether oxygens (including phenoxy) is 1. The zero-order valence-electron chi connectivity index (χ0n) is 17.1. The number of rotatable bonds is 4. The summed E-state index contributed by atoms with van der Waals surface area (Å²) in [6, 6.07) is 8.41. The van der Waals surface area contributed by atoms with Crippen LogP contribution in [0.4, 0.5) is 5.69 Å². The first-order chi connectivity index (χ1) is 14.8. The number of nitrogens with zero attached hydrogens (tertiary/aromatic N) is 3. The fourth-order valence-corrected chi connectivity index (χ4v) is 4.37. The third kappa shape index (κ3) is 3.89. The highest BCUT2D eigenvalue weighted by atomic mass is 16.5. The van der Waals surface area contributed by atoms with Crippen molar-refractivity contribution in [2.75, 3.05) is 31.2 Å². The molecule has 7 heteroatoms. The van der Waals surface area contributed by atoms with Crippen LogP contribution in [0, 0.1) is 0 Å². The summed E-state index contributed by atoms with van der Waals surface area (Å²) in [5, 5.41) is 11.2. The molecule has 156 valence electrons. The molecule has 0 radical (unpaired) electrons. The summed E-state index contributed by atoms with van der Waals surface area (Å²) < 4.78 is 5.38. The molecule has 2 N–H and O–H groups in total. The number of H-pyrrole nitrogens is 1. The van der Waals surface area contributed by atoms with Gasteiger partial charge in [-0.3, -0.25) is 14.9 Å². The van der Waals surface area contributed by atoms with Gasteiger partial charge in [-0.15, -0.1) is 0 Å². The second-order valence-corrected chi connectivity index (χ2v) is 8.17. The smallest absolute Gasteiger partial charge is 0.272 e. The van der Waals surface area contributed by atoms with Crippen molar-refractivity contribution in [2.45, 2.75) is 38.1 Å². The van der Waals surface area contributed by atoms with Crippen LogP contribution in [0.1, 0.15) is 42.6 Å². The van der Waals surface area contributed by atoms with E-state index in [1.807, 2.05) is 24.5 Å². The second kappa shape index (κ2) is 8.44. The molecule has 30 heavy (non-hydrogen) atoms. The van der Waals surface area contributed by atoms with Crippen LogP contribution >= 0.6 is 0 Å². The topological polar surface area (TPSA) is 83.1 Å². The van der Waals surface area contributed by atoms with Crippen LogP contribution in [0.2, 0.25) is 0 Å². The van der Waals surface area contributed by atoms with Gasteiger partial charge in [-0.05, 0) is 55.9 Å². The molecule has 2 aromatic heterocycles. The lowest BCUT2D eigenvalue weighted by molar-refractivity contribution is 0.0695. The quantitative estimate of drug-likeness (QED) is 0.694. The van der Waals surface area contributed by atoms with Crippen LogP contribution < -0.4 is 10.2 Å². The van der Waals surface area contributed by atoms with Gasteiger partial charge in [0.05, 0.1) is 17.4 Å².